The maximum Gasteiger partial charge on any atom is 0.340 e. The molecule has 0 aliphatic rings. The molecular formula is C19H17NO2. The van der Waals surface area contributed by atoms with Crippen molar-refractivity contribution in [3.63, 3.8) is 0 Å². The van der Waals surface area contributed by atoms with Gasteiger partial charge >= 0.3 is 5.97 Å². The van der Waals surface area contributed by atoms with Gasteiger partial charge in [-0.05, 0) is 35.1 Å². The smallest absolute Gasteiger partial charge is 0.340 e. The van der Waals surface area contributed by atoms with Crippen LogP contribution in [0.3, 0.4) is 0 Å². The third kappa shape index (κ3) is 2.21. The average Bonchev–Trinajstić information content (AvgIpc) is 2.54. The van der Waals surface area contributed by atoms with Gasteiger partial charge in [0.2, 0.25) is 0 Å². The van der Waals surface area contributed by atoms with Crippen molar-refractivity contribution in [1.82, 2.24) is 0 Å². The van der Waals surface area contributed by atoms with Gasteiger partial charge in [0.25, 0.3) is 0 Å². The Kier molecular flexibility index (Phi) is 3.55. The molecule has 3 nitrogen and oxygen atoms in total. The molecular weight excluding hydrogens is 274 g/mol. The number of anilines is 1. The van der Waals surface area contributed by atoms with E-state index in [1.165, 1.54) is 7.11 Å². The lowest BCUT2D eigenvalue weighted by Gasteiger charge is -2.15. The summed E-state index contributed by atoms with van der Waals surface area (Å²) < 4.78 is 4.95. The summed E-state index contributed by atoms with van der Waals surface area (Å²) in [6.45, 7) is 2.02. The predicted octanol–water partition coefficient (Wildman–Crippen LogP) is 4.18. The molecule has 0 aliphatic heterocycles. The van der Waals surface area contributed by atoms with Crippen molar-refractivity contribution in [2.75, 3.05) is 12.8 Å². The van der Waals surface area contributed by atoms with Gasteiger partial charge in [-0.15, -0.1) is 0 Å². The topological polar surface area (TPSA) is 52.3 Å². The summed E-state index contributed by atoms with van der Waals surface area (Å²) in [5.74, 6) is -0.415. The van der Waals surface area contributed by atoms with E-state index in [1.807, 2.05) is 61.5 Å². The molecule has 0 fully saturated rings. The van der Waals surface area contributed by atoms with E-state index in [1.54, 1.807) is 0 Å². The van der Waals surface area contributed by atoms with E-state index in [0.29, 0.717) is 11.3 Å². The van der Waals surface area contributed by atoms with Gasteiger partial charge in [-0.2, -0.15) is 0 Å². The number of methoxy groups -OCH3 is 1. The Bertz CT molecular complexity index is 868. The second-order valence-electron chi connectivity index (χ2n) is 5.24. The number of nitrogen functional groups attached to an aromatic ring is 1. The molecule has 3 rings (SSSR count). The first-order chi connectivity index (χ1) is 10.6. The second kappa shape index (κ2) is 5.53. The molecule has 0 amide bonds. The first-order valence-electron chi connectivity index (χ1n) is 7.09. The van der Waals surface area contributed by atoms with Crippen LogP contribution in [-0.2, 0) is 4.74 Å². The first-order valence-corrected chi connectivity index (χ1v) is 7.09. The van der Waals surface area contributed by atoms with Crippen LogP contribution in [0.2, 0.25) is 0 Å². The number of aryl methyl sites for hydroxylation is 1. The average molecular weight is 291 g/mol. The number of hydrogen-bond acceptors (Lipinski definition) is 3. The van der Waals surface area contributed by atoms with Crippen molar-refractivity contribution >= 4 is 22.4 Å². The molecule has 0 saturated heterocycles. The normalized spacial score (nSPS) is 10.6. The van der Waals surface area contributed by atoms with Gasteiger partial charge in [-0.25, -0.2) is 4.79 Å². The zero-order valence-electron chi connectivity index (χ0n) is 12.6. The molecule has 0 radical (unpaired) electrons. The molecule has 0 atom stereocenters. The van der Waals surface area contributed by atoms with Gasteiger partial charge in [-0.3, -0.25) is 0 Å². The Balaban J connectivity index is 2.42. The molecule has 0 unspecified atom stereocenters. The largest absolute Gasteiger partial charge is 0.465 e. The van der Waals surface area contributed by atoms with E-state index in [4.69, 9.17) is 10.5 Å². The predicted molar refractivity (Wildman–Crippen MR) is 89.9 cm³/mol. The minimum Gasteiger partial charge on any atom is -0.465 e. The highest BCUT2D eigenvalue weighted by Gasteiger charge is 2.20. The second-order valence-corrected chi connectivity index (χ2v) is 5.24. The van der Waals surface area contributed by atoms with E-state index >= 15 is 0 Å². The Morgan fingerprint density at radius 1 is 1.00 bits per heavy atom. The zero-order chi connectivity index (χ0) is 15.7. The van der Waals surface area contributed by atoms with Crippen molar-refractivity contribution in [2.24, 2.45) is 0 Å². The Hall–Kier alpha value is -2.81. The number of ether oxygens (including phenoxy) is 1. The van der Waals surface area contributed by atoms with E-state index < -0.39 is 5.97 Å². The number of hydrogen-bond donors (Lipinski definition) is 1. The fraction of sp³-hybridized carbons (Fsp3) is 0.105. The lowest BCUT2D eigenvalue weighted by molar-refractivity contribution is 0.0603. The van der Waals surface area contributed by atoms with E-state index in [-0.39, 0.29) is 0 Å². The molecule has 0 aliphatic carbocycles. The monoisotopic (exact) mass is 291 g/mol. The van der Waals surface area contributed by atoms with Crippen LogP contribution >= 0.6 is 0 Å². The molecule has 0 saturated carbocycles. The van der Waals surface area contributed by atoms with Crippen LogP contribution in [0, 0.1) is 6.92 Å². The summed E-state index contributed by atoms with van der Waals surface area (Å²) in [7, 11) is 1.37. The molecule has 2 N–H and O–H groups in total. The first kappa shape index (κ1) is 14.1. The van der Waals surface area contributed by atoms with Gasteiger partial charge in [0.05, 0.1) is 18.4 Å². The van der Waals surface area contributed by atoms with Crippen molar-refractivity contribution < 1.29 is 9.53 Å². The van der Waals surface area contributed by atoms with Gasteiger partial charge in [0, 0.05) is 5.39 Å². The van der Waals surface area contributed by atoms with Crippen LogP contribution in [0.25, 0.3) is 21.9 Å². The third-order valence-corrected chi connectivity index (χ3v) is 3.91. The molecule has 3 heteroatoms. The standard InChI is InChI=1S/C19H17NO2/c1-12-7-3-5-9-14(12)16-11-13-8-4-6-10-15(13)18(20)17(16)19(21)22-2/h3-11H,20H2,1-2H3. The maximum atomic E-state index is 12.3. The number of benzene rings is 3. The Morgan fingerprint density at radius 2 is 1.68 bits per heavy atom. The maximum absolute atomic E-state index is 12.3. The van der Waals surface area contributed by atoms with E-state index in [9.17, 15) is 4.79 Å². The fourth-order valence-electron chi connectivity index (χ4n) is 2.79. The molecule has 0 spiro atoms. The molecule has 3 aromatic rings. The lowest BCUT2D eigenvalue weighted by Crippen LogP contribution is -2.09. The van der Waals surface area contributed by atoms with E-state index in [0.717, 1.165) is 27.5 Å². The zero-order valence-corrected chi connectivity index (χ0v) is 12.6. The van der Waals surface area contributed by atoms with Crippen LogP contribution < -0.4 is 5.73 Å². The van der Waals surface area contributed by atoms with Crippen molar-refractivity contribution in [2.45, 2.75) is 6.92 Å². The highest BCUT2D eigenvalue weighted by molar-refractivity contribution is 6.11. The fourth-order valence-corrected chi connectivity index (χ4v) is 2.79. The van der Waals surface area contributed by atoms with Gasteiger partial charge in [0.15, 0.2) is 0 Å². The van der Waals surface area contributed by atoms with Crippen molar-refractivity contribution in [3.05, 3.63) is 65.7 Å². The minimum absolute atomic E-state index is 0.415. The highest BCUT2D eigenvalue weighted by Crippen LogP contribution is 2.36. The number of rotatable bonds is 2. The van der Waals surface area contributed by atoms with E-state index in [2.05, 4.69) is 0 Å². The Morgan fingerprint density at radius 3 is 2.41 bits per heavy atom. The number of esters is 1. The van der Waals surface area contributed by atoms with Crippen LogP contribution in [0.5, 0.6) is 0 Å². The SMILES string of the molecule is COC(=O)c1c(-c2ccccc2C)cc2ccccc2c1N. The molecule has 0 bridgehead atoms. The number of nitrogens with two attached hydrogens (primary N) is 1. The minimum atomic E-state index is -0.415. The molecule has 22 heavy (non-hydrogen) atoms. The number of carbonyl (C=O) groups is 1. The number of carbonyl (C=O) groups excluding carboxylic acids is 1. The Labute approximate surface area is 129 Å². The molecule has 0 aromatic heterocycles. The summed E-state index contributed by atoms with van der Waals surface area (Å²) in [5.41, 5.74) is 10.0. The highest BCUT2D eigenvalue weighted by atomic mass is 16.5. The van der Waals surface area contributed by atoms with Gasteiger partial charge in [-0.1, -0.05) is 48.5 Å². The van der Waals surface area contributed by atoms with Crippen molar-refractivity contribution in [3.8, 4) is 11.1 Å². The molecule has 0 heterocycles. The van der Waals surface area contributed by atoms with Crippen LogP contribution in [0.1, 0.15) is 15.9 Å². The van der Waals surface area contributed by atoms with Crippen LogP contribution in [-0.4, -0.2) is 13.1 Å². The summed E-state index contributed by atoms with van der Waals surface area (Å²) in [4.78, 5) is 12.3. The van der Waals surface area contributed by atoms with Gasteiger partial charge in [0.1, 0.15) is 0 Å². The molecule has 110 valence electrons. The van der Waals surface area contributed by atoms with Crippen molar-refractivity contribution in [1.29, 1.82) is 0 Å². The quantitative estimate of drug-likeness (QED) is 0.569. The van der Waals surface area contributed by atoms with Gasteiger partial charge < -0.3 is 10.5 Å². The van der Waals surface area contributed by atoms with Crippen LogP contribution in [0.4, 0.5) is 5.69 Å². The summed E-state index contributed by atoms with van der Waals surface area (Å²) in [6, 6.07) is 17.7. The summed E-state index contributed by atoms with van der Waals surface area (Å²) in [6.07, 6.45) is 0. The summed E-state index contributed by atoms with van der Waals surface area (Å²) in [5, 5.41) is 1.87. The number of fused-ring (bicyclic) bond motifs is 1. The summed E-state index contributed by atoms with van der Waals surface area (Å²) >= 11 is 0. The van der Waals surface area contributed by atoms with Crippen LogP contribution in [0.15, 0.2) is 54.6 Å². The lowest BCUT2D eigenvalue weighted by atomic mass is 9.91. The third-order valence-electron chi connectivity index (χ3n) is 3.91. The molecule has 3 aromatic carbocycles.